The maximum Gasteiger partial charge on any atom is 0.324 e. The minimum absolute atomic E-state index is 0.0125. The van der Waals surface area contributed by atoms with E-state index in [9.17, 15) is 9.18 Å². The quantitative estimate of drug-likeness (QED) is 0.245. The number of aromatic nitrogens is 3. The van der Waals surface area contributed by atoms with Crippen molar-refractivity contribution in [3.63, 3.8) is 0 Å². The van der Waals surface area contributed by atoms with Crippen molar-refractivity contribution in [2.45, 2.75) is 19.5 Å². The van der Waals surface area contributed by atoms with Gasteiger partial charge in [0.25, 0.3) is 0 Å². The summed E-state index contributed by atoms with van der Waals surface area (Å²) in [6.07, 6.45) is 1.94. The molecule has 40 heavy (non-hydrogen) atoms. The summed E-state index contributed by atoms with van der Waals surface area (Å²) in [4.78, 5) is 19.3. The van der Waals surface area contributed by atoms with Gasteiger partial charge >= 0.3 is 6.03 Å². The van der Waals surface area contributed by atoms with Crippen LogP contribution in [0.25, 0.3) is 26.4 Å². The van der Waals surface area contributed by atoms with E-state index in [0.717, 1.165) is 26.4 Å². The van der Waals surface area contributed by atoms with Crippen molar-refractivity contribution < 1.29 is 28.7 Å². The Morgan fingerprint density at radius 1 is 1.18 bits per heavy atom. The Bertz CT molecular complexity index is 1780. The summed E-state index contributed by atoms with van der Waals surface area (Å²) >= 11 is 1.50. The van der Waals surface area contributed by atoms with Crippen LogP contribution >= 0.6 is 11.3 Å². The first-order valence-corrected chi connectivity index (χ1v) is 13.3. The molecule has 0 saturated carbocycles. The number of carbonyl (C=O) groups excluding carboxylic acids is 1. The molecule has 0 aliphatic carbocycles. The lowest BCUT2D eigenvalue weighted by molar-refractivity contribution is 0.0322. The Hall–Kier alpha value is -4.00. The molecule has 1 aliphatic rings. The smallest absolute Gasteiger partial charge is 0.324 e. The van der Waals surface area contributed by atoms with E-state index < -0.39 is 37.9 Å². The van der Waals surface area contributed by atoms with Gasteiger partial charge in [-0.3, -0.25) is 14.6 Å². The summed E-state index contributed by atoms with van der Waals surface area (Å²) in [7, 11) is 0. The summed E-state index contributed by atoms with van der Waals surface area (Å²) in [5.41, 5.74) is 1.42. The van der Waals surface area contributed by atoms with Gasteiger partial charge in [0, 0.05) is 45.8 Å². The molecule has 6 rings (SSSR count). The molecule has 4 atom stereocenters. The van der Waals surface area contributed by atoms with Gasteiger partial charge < -0.3 is 19.3 Å². The molecule has 10 nitrogen and oxygen atoms in total. The van der Waals surface area contributed by atoms with Crippen LogP contribution in [0.4, 0.5) is 20.7 Å². The van der Waals surface area contributed by atoms with Crippen molar-refractivity contribution in [2.24, 2.45) is 0 Å². The Labute approximate surface area is 239 Å². The average Bonchev–Trinajstić information content (AvgIpc) is 3.69. The molecule has 2 N–H and O–H groups in total. The number of ether oxygens (including phenoxy) is 2. The van der Waals surface area contributed by atoms with E-state index in [1.54, 1.807) is 12.1 Å². The van der Waals surface area contributed by atoms with Gasteiger partial charge in [0.05, 0.1) is 31.8 Å². The maximum absolute atomic E-state index is 14.0. The number of amides is 2. The molecule has 2 aromatic carbocycles. The Kier molecular flexibility index (Phi) is 5.92. The van der Waals surface area contributed by atoms with Crippen LogP contribution in [0.2, 0.25) is 0 Å². The largest absolute Gasteiger partial charge is 0.492 e. The van der Waals surface area contributed by atoms with E-state index in [1.807, 2.05) is 40.9 Å². The molecule has 4 unspecified atom stereocenters. The van der Waals surface area contributed by atoms with Gasteiger partial charge in [0.15, 0.2) is 22.2 Å². The number of nitrogens with zero attached hydrogens (tertiary/aromatic N) is 4. The van der Waals surface area contributed by atoms with E-state index in [1.165, 1.54) is 36.2 Å². The second-order valence-electron chi connectivity index (χ2n) is 9.51. The van der Waals surface area contributed by atoms with Gasteiger partial charge in [-0.05, 0) is 44.2 Å². The van der Waals surface area contributed by atoms with Gasteiger partial charge in [0.2, 0.25) is 0 Å². The highest BCUT2D eigenvalue weighted by atomic mass is 32.1. The van der Waals surface area contributed by atoms with Crippen molar-refractivity contribution in [3.05, 3.63) is 60.5 Å². The zero-order valence-electron chi connectivity index (χ0n) is 25.6. The number of imidazole rings is 1. The Morgan fingerprint density at radius 3 is 2.73 bits per heavy atom. The Balaban J connectivity index is 1.07. The molecular weight excluding hydrogens is 535 g/mol. The van der Waals surface area contributed by atoms with Crippen molar-refractivity contribution >= 4 is 44.1 Å². The maximum atomic E-state index is 14.0. The number of halogens is 1. The van der Waals surface area contributed by atoms with Crippen molar-refractivity contribution in [1.29, 1.82) is 0 Å². The van der Waals surface area contributed by atoms with Crippen LogP contribution in [0.15, 0.2) is 59.3 Å². The lowest BCUT2D eigenvalue weighted by atomic mass is 10.1. The highest BCUT2D eigenvalue weighted by Gasteiger charge is 2.25. The van der Waals surface area contributed by atoms with Crippen LogP contribution in [-0.2, 0) is 10.4 Å². The second-order valence-corrected chi connectivity index (χ2v) is 10.5. The monoisotopic (exact) mass is 568 g/mol. The summed E-state index contributed by atoms with van der Waals surface area (Å²) in [6, 6.07) is 13.7. The second kappa shape index (κ2) is 10.9. The lowest BCUT2D eigenvalue weighted by Crippen LogP contribution is -2.38. The number of thiazole rings is 1. The number of fused-ring (bicyclic) bond motifs is 3. The zero-order chi connectivity index (χ0) is 31.2. The first kappa shape index (κ1) is 21.8. The van der Waals surface area contributed by atoms with E-state index in [-0.39, 0.29) is 24.7 Å². The number of carbonyl (C=O) groups is 1. The van der Waals surface area contributed by atoms with Crippen LogP contribution in [0.3, 0.4) is 0 Å². The summed E-state index contributed by atoms with van der Waals surface area (Å²) in [6.45, 7) is -1.38. The van der Waals surface area contributed by atoms with Gasteiger partial charge in [0.1, 0.15) is 12.4 Å². The third-order valence-electron chi connectivity index (χ3n) is 6.12. The molecule has 4 heterocycles. The minimum Gasteiger partial charge on any atom is -0.492 e. The van der Waals surface area contributed by atoms with Crippen LogP contribution < -0.4 is 15.4 Å². The summed E-state index contributed by atoms with van der Waals surface area (Å²) < 4.78 is 64.5. The van der Waals surface area contributed by atoms with Crippen LogP contribution in [0, 0.1) is 0 Å². The highest BCUT2D eigenvalue weighted by Crippen LogP contribution is 2.32. The molecule has 2 amide bonds. The third kappa shape index (κ3) is 5.79. The molecule has 12 heteroatoms. The minimum atomic E-state index is -1.71. The number of urea groups is 1. The van der Waals surface area contributed by atoms with Crippen LogP contribution in [0.5, 0.6) is 5.75 Å². The molecular formula is C28H29FN6O4S. The molecule has 0 spiro atoms. The number of morpholine rings is 1. The fraction of sp³-hybridized carbons (Fsp3) is 0.321. The molecule has 208 valence electrons. The molecule has 1 saturated heterocycles. The zero-order valence-corrected chi connectivity index (χ0v) is 22.4. The van der Waals surface area contributed by atoms with Crippen molar-refractivity contribution in [2.75, 3.05) is 50.0 Å². The van der Waals surface area contributed by atoms with Gasteiger partial charge in [-0.25, -0.2) is 14.2 Å². The van der Waals surface area contributed by atoms with Crippen molar-refractivity contribution in [1.82, 2.24) is 19.4 Å². The van der Waals surface area contributed by atoms with Crippen LogP contribution in [-0.4, -0.2) is 64.8 Å². The Morgan fingerprint density at radius 2 is 1.98 bits per heavy atom. The first-order valence-electron chi connectivity index (χ1n) is 14.8. The standard InChI is InChI=1S/C28H29FN6O4S/c1-28(2,29)24-16-25(33-39-24)32-26(36)30-19-5-3-18(4-6-19)21-17-35-22-8-7-20(15-23(22)40-27(35)31-21)38-14-11-34-9-12-37-13-10-34/h3-8,15-17H,9-14H2,1-2H3,(H2,30,32,33,36)/i9D,10D,12D,13D. The number of benzene rings is 2. The molecule has 1 fully saturated rings. The van der Waals surface area contributed by atoms with E-state index >= 15 is 0 Å². The number of nitrogens with one attached hydrogen (secondary N) is 2. The van der Waals surface area contributed by atoms with Crippen molar-refractivity contribution in [3.8, 4) is 17.0 Å². The normalized spacial score (nSPS) is 23.4. The number of hydrogen-bond acceptors (Lipinski definition) is 8. The molecule has 0 radical (unpaired) electrons. The number of hydrogen-bond donors (Lipinski definition) is 2. The molecule has 1 aliphatic heterocycles. The van der Waals surface area contributed by atoms with Gasteiger partial charge in [-0.1, -0.05) is 28.6 Å². The predicted molar refractivity (Wildman–Crippen MR) is 152 cm³/mol. The van der Waals surface area contributed by atoms with Crippen LogP contribution in [0.1, 0.15) is 25.1 Å². The third-order valence-corrected chi connectivity index (χ3v) is 7.14. The first-order chi connectivity index (χ1) is 21.0. The fourth-order valence-corrected chi connectivity index (χ4v) is 5.10. The number of rotatable bonds is 8. The average molecular weight is 569 g/mol. The fourth-order valence-electron chi connectivity index (χ4n) is 4.07. The van der Waals surface area contributed by atoms with E-state index in [4.69, 9.17) is 24.5 Å². The number of anilines is 2. The topological polar surface area (TPSA) is 106 Å². The van der Waals surface area contributed by atoms with Gasteiger partial charge in [-0.15, -0.1) is 0 Å². The van der Waals surface area contributed by atoms with E-state index in [2.05, 4.69) is 15.8 Å². The molecule has 5 aromatic rings. The van der Waals surface area contributed by atoms with Gasteiger partial charge in [-0.2, -0.15) is 0 Å². The highest BCUT2D eigenvalue weighted by molar-refractivity contribution is 7.23. The summed E-state index contributed by atoms with van der Waals surface area (Å²) in [5, 5.41) is 8.89. The number of alkyl halides is 1. The lowest BCUT2D eigenvalue weighted by Gasteiger charge is -2.26. The SMILES string of the molecule is [2H]C1OC([2H])C([2H])N(CCOc2ccc3c(c2)sc2nc(-c4ccc(NC(=O)Nc5cc(C(C)(C)F)on5)cc4)cn23)C1[2H]. The molecule has 3 aromatic heterocycles. The molecule has 0 bridgehead atoms. The summed E-state index contributed by atoms with van der Waals surface area (Å²) in [5.74, 6) is 0.747. The van der Waals surface area contributed by atoms with E-state index in [0.29, 0.717) is 11.4 Å². The predicted octanol–water partition coefficient (Wildman–Crippen LogP) is 5.76.